The van der Waals surface area contributed by atoms with E-state index in [0.29, 0.717) is 23.0 Å². The third-order valence-electron chi connectivity index (χ3n) is 2.70. The van der Waals surface area contributed by atoms with E-state index in [1.807, 2.05) is 12.1 Å². The van der Waals surface area contributed by atoms with E-state index in [-0.39, 0.29) is 12.0 Å². The molecule has 0 spiro atoms. The van der Waals surface area contributed by atoms with Gasteiger partial charge in [0.1, 0.15) is 0 Å². The lowest BCUT2D eigenvalue weighted by atomic mass is 10.0. The lowest BCUT2D eigenvalue weighted by Gasteiger charge is -2.17. The Bertz CT molecular complexity index is 410. The molecule has 1 N–H and O–H groups in total. The van der Waals surface area contributed by atoms with E-state index < -0.39 is 0 Å². The first-order chi connectivity index (χ1) is 8.58. The highest BCUT2D eigenvalue weighted by Gasteiger charge is 2.11. The molecular weight excluding hydrogens is 273 g/mol. The molecule has 1 rings (SSSR count). The highest BCUT2D eigenvalue weighted by molar-refractivity contribution is 6.42. The van der Waals surface area contributed by atoms with Crippen molar-refractivity contribution in [2.75, 3.05) is 13.7 Å². The molecular formula is C13H17Cl2NO2. The molecule has 0 aromatic heterocycles. The van der Waals surface area contributed by atoms with Crippen molar-refractivity contribution in [2.45, 2.75) is 25.8 Å². The van der Waals surface area contributed by atoms with Gasteiger partial charge in [-0.15, -0.1) is 0 Å². The zero-order chi connectivity index (χ0) is 13.5. The number of hydrogen-bond acceptors (Lipinski definition) is 3. The summed E-state index contributed by atoms with van der Waals surface area (Å²) in [5.41, 5.74) is 1.07. The van der Waals surface area contributed by atoms with Crippen molar-refractivity contribution >= 4 is 29.2 Å². The topological polar surface area (TPSA) is 38.3 Å². The van der Waals surface area contributed by atoms with Crippen molar-refractivity contribution in [1.29, 1.82) is 0 Å². The third kappa shape index (κ3) is 4.48. The molecule has 1 unspecified atom stereocenters. The van der Waals surface area contributed by atoms with Gasteiger partial charge in [-0.1, -0.05) is 36.2 Å². The summed E-state index contributed by atoms with van der Waals surface area (Å²) < 4.78 is 4.59. The lowest BCUT2D eigenvalue weighted by Crippen LogP contribution is -2.24. The Balaban J connectivity index is 2.60. The summed E-state index contributed by atoms with van der Waals surface area (Å²) in [6.07, 6.45) is 1.26. The predicted octanol–water partition coefficient (Wildman–Crippen LogP) is 3.60. The molecule has 5 heteroatoms. The van der Waals surface area contributed by atoms with Crippen LogP contribution >= 0.6 is 23.2 Å². The molecule has 0 fully saturated rings. The zero-order valence-corrected chi connectivity index (χ0v) is 12.0. The molecule has 1 aromatic carbocycles. The number of carbonyl (C=O) groups is 1. The molecule has 0 bridgehead atoms. The van der Waals surface area contributed by atoms with Crippen LogP contribution in [0.3, 0.4) is 0 Å². The minimum atomic E-state index is -0.216. The molecule has 1 atom stereocenters. The van der Waals surface area contributed by atoms with Crippen LogP contribution < -0.4 is 5.32 Å². The van der Waals surface area contributed by atoms with Gasteiger partial charge in [0, 0.05) is 12.6 Å². The van der Waals surface area contributed by atoms with Crippen LogP contribution in [0.25, 0.3) is 0 Å². The maximum Gasteiger partial charge on any atom is 0.306 e. The summed E-state index contributed by atoms with van der Waals surface area (Å²) in [6.45, 7) is 2.64. The van der Waals surface area contributed by atoms with E-state index in [2.05, 4.69) is 17.0 Å². The van der Waals surface area contributed by atoms with Crippen LogP contribution in [0.15, 0.2) is 18.2 Å². The van der Waals surface area contributed by atoms with Crippen molar-refractivity contribution in [2.24, 2.45) is 0 Å². The summed E-state index contributed by atoms with van der Waals surface area (Å²) in [5.74, 6) is -0.216. The summed E-state index contributed by atoms with van der Waals surface area (Å²) in [5, 5.41) is 4.39. The average molecular weight is 290 g/mol. The van der Waals surface area contributed by atoms with E-state index in [1.165, 1.54) is 7.11 Å². The minimum Gasteiger partial charge on any atom is -0.469 e. The molecule has 0 heterocycles. The van der Waals surface area contributed by atoms with Gasteiger partial charge in [-0.05, 0) is 24.1 Å². The Morgan fingerprint density at radius 2 is 2.11 bits per heavy atom. The number of hydrogen-bond donors (Lipinski definition) is 1. The Hall–Kier alpha value is -0.770. The van der Waals surface area contributed by atoms with Crippen LogP contribution in [-0.4, -0.2) is 19.6 Å². The van der Waals surface area contributed by atoms with Crippen LogP contribution in [-0.2, 0) is 9.53 Å². The molecule has 0 saturated carbocycles. The van der Waals surface area contributed by atoms with E-state index in [0.717, 1.165) is 12.0 Å². The first kappa shape index (κ1) is 15.3. The second-order valence-corrected chi connectivity index (χ2v) is 4.73. The van der Waals surface area contributed by atoms with Gasteiger partial charge in [-0.25, -0.2) is 0 Å². The maximum absolute atomic E-state index is 11.0. The largest absolute Gasteiger partial charge is 0.469 e. The molecule has 1 aromatic rings. The van der Waals surface area contributed by atoms with E-state index in [1.54, 1.807) is 6.07 Å². The molecule has 100 valence electrons. The fraction of sp³-hybridized carbons (Fsp3) is 0.462. The number of rotatable bonds is 6. The van der Waals surface area contributed by atoms with Gasteiger partial charge in [0.05, 0.1) is 23.6 Å². The SMILES string of the molecule is CCC(NCCC(=O)OC)c1ccc(Cl)c(Cl)c1. The van der Waals surface area contributed by atoms with Gasteiger partial charge < -0.3 is 10.1 Å². The monoisotopic (exact) mass is 289 g/mol. The number of nitrogens with one attached hydrogen (secondary N) is 1. The van der Waals surface area contributed by atoms with Crippen molar-refractivity contribution in [1.82, 2.24) is 5.32 Å². The zero-order valence-electron chi connectivity index (χ0n) is 10.5. The summed E-state index contributed by atoms with van der Waals surface area (Å²) in [4.78, 5) is 11.0. The van der Waals surface area contributed by atoms with Crippen molar-refractivity contribution in [3.05, 3.63) is 33.8 Å². The quantitative estimate of drug-likeness (QED) is 0.814. The molecule has 3 nitrogen and oxygen atoms in total. The van der Waals surface area contributed by atoms with Crippen molar-refractivity contribution in [3.8, 4) is 0 Å². The second kappa shape index (κ2) is 7.62. The van der Waals surface area contributed by atoms with Gasteiger partial charge in [0.15, 0.2) is 0 Å². The van der Waals surface area contributed by atoms with Crippen molar-refractivity contribution in [3.63, 3.8) is 0 Å². The van der Waals surface area contributed by atoms with Crippen LogP contribution in [0, 0.1) is 0 Å². The second-order valence-electron chi connectivity index (χ2n) is 3.91. The molecule has 0 aliphatic carbocycles. The first-order valence-corrected chi connectivity index (χ1v) is 6.59. The number of ether oxygens (including phenoxy) is 1. The van der Waals surface area contributed by atoms with Gasteiger partial charge in [-0.2, -0.15) is 0 Å². The predicted molar refractivity (Wildman–Crippen MR) is 74.1 cm³/mol. The van der Waals surface area contributed by atoms with Crippen molar-refractivity contribution < 1.29 is 9.53 Å². The highest BCUT2D eigenvalue weighted by Crippen LogP contribution is 2.26. The van der Waals surface area contributed by atoms with Crippen LogP contribution in [0.4, 0.5) is 0 Å². The van der Waals surface area contributed by atoms with Gasteiger partial charge >= 0.3 is 5.97 Å². The fourth-order valence-electron chi connectivity index (χ4n) is 1.68. The van der Waals surface area contributed by atoms with Gasteiger partial charge in [0.25, 0.3) is 0 Å². The van der Waals surface area contributed by atoms with Crippen LogP contribution in [0.1, 0.15) is 31.4 Å². The average Bonchev–Trinajstić information content (AvgIpc) is 2.38. The smallest absolute Gasteiger partial charge is 0.306 e. The molecule has 0 saturated heterocycles. The molecule has 0 aliphatic rings. The summed E-state index contributed by atoms with van der Waals surface area (Å²) >= 11 is 11.9. The highest BCUT2D eigenvalue weighted by atomic mass is 35.5. The van der Waals surface area contributed by atoms with Crippen LogP contribution in [0.5, 0.6) is 0 Å². The molecule has 18 heavy (non-hydrogen) atoms. The Morgan fingerprint density at radius 3 is 2.67 bits per heavy atom. The van der Waals surface area contributed by atoms with E-state index >= 15 is 0 Å². The number of carbonyl (C=O) groups excluding carboxylic acids is 1. The van der Waals surface area contributed by atoms with Gasteiger partial charge in [0.2, 0.25) is 0 Å². The lowest BCUT2D eigenvalue weighted by molar-refractivity contribution is -0.140. The number of methoxy groups -OCH3 is 1. The van der Waals surface area contributed by atoms with Crippen LogP contribution in [0.2, 0.25) is 10.0 Å². The Morgan fingerprint density at radius 1 is 1.39 bits per heavy atom. The molecule has 0 radical (unpaired) electrons. The molecule has 0 amide bonds. The Labute approximate surface area is 117 Å². The van der Waals surface area contributed by atoms with E-state index in [4.69, 9.17) is 23.2 Å². The number of esters is 1. The standard InChI is InChI=1S/C13H17Cl2NO2/c1-3-12(16-7-6-13(17)18-2)9-4-5-10(14)11(15)8-9/h4-5,8,12,16H,3,6-7H2,1-2H3. The minimum absolute atomic E-state index is 0.157. The maximum atomic E-state index is 11.0. The normalized spacial score (nSPS) is 12.2. The van der Waals surface area contributed by atoms with E-state index in [9.17, 15) is 4.79 Å². The summed E-state index contributed by atoms with van der Waals surface area (Å²) in [7, 11) is 1.39. The number of halogens is 2. The third-order valence-corrected chi connectivity index (χ3v) is 3.44. The number of benzene rings is 1. The summed E-state index contributed by atoms with van der Waals surface area (Å²) in [6, 6.07) is 5.73. The fourth-order valence-corrected chi connectivity index (χ4v) is 1.98. The first-order valence-electron chi connectivity index (χ1n) is 5.83. The molecule has 0 aliphatic heterocycles. The van der Waals surface area contributed by atoms with Gasteiger partial charge in [-0.3, -0.25) is 4.79 Å². The Kier molecular flexibility index (Phi) is 6.47.